The highest BCUT2D eigenvalue weighted by Crippen LogP contribution is 2.19. The third-order valence-electron chi connectivity index (χ3n) is 1.68. The van der Waals surface area contributed by atoms with Crippen molar-refractivity contribution < 1.29 is 0 Å². The van der Waals surface area contributed by atoms with Crippen molar-refractivity contribution in [1.29, 1.82) is 0 Å². The molecule has 0 aliphatic heterocycles. The lowest BCUT2D eigenvalue weighted by atomic mass is 10.3. The molecule has 0 saturated carbocycles. The van der Waals surface area contributed by atoms with Crippen LogP contribution < -0.4 is 11.3 Å². The van der Waals surface area contributed by atoms with Gasteiger partial charge in [-0.1, -0.05) is 0 Å². The Hall–Kier alpha value is -1.17. The first-order valence-corrected chi connectivity index (χ1v) is 4.80. The van der Waals surface area contributed by atoms with E-state index in [0.29, 0.717) is 6.54 Å². The first kappa shape index (κ1) is 8.43. The molecule has 0 radical (unpaired) electrons. The van der Waals surface area contributed by atoms with Gasteiger partial charge in [0, 0.05) is 11.6 Å². The minimum atomic E-state index is 0.616. The van der Waals surface area contributed by atoms with E-state index in [9.17, 15) is 0 Å². The number of hydrogen-bond acceptors (Lipinski definition) is 4. The van der Waals surface area contributed by atoms with E-state index in [1.165, 1.54) is 0 Å². The van der Waals surface area contributed by atoms with Crippen molar-refractivity contribution in [1.82, 2.24) is 15.4 Å². The van der Waals surface area contributed by atoms with Crippen LogP contribution in [0.1, 0.15) is 5.01 Å². The van der Waals surface area contributed by atoms with Crippen molar-refractivity contribution in [3.63, 3.8) is 0 Å². The summed E-state index contributed by atoms with van der Waals surface area (Å²) in [4.78, 5) is 7.49. The highest BCUT2D eigenvalue weighted by atomic mass is 32.1. The van der Waals surface area contributed by atoms with Gasteiger partial charge in [-0.15, -0.1) is 11.3 Å². The van der Waals surface area contributed by atoms with Gasteiger partial charge in [0.25, 0.3) is 0 Å². The number of hydrogen-bond donors (Lipinski definition) is 3. The summed E-state index contributed by atoms with van der Waals surface area (Å²) < 4.78 is 0. The molecule has 0 saturated heterocycles. The Labute approximate surface area is 79.8 Å². The van der Waals surface area contributed by atoms with Gasteiger partial charge in [0.2, 0.25) is 0 Å². The highest BCUT2D eigenvalue weighted by Gasteiger charge is 2.03. The van der Waals surface area contributed by atoms with E-state index in [2.05, 4.69) is 15.4 Å². The molecule has 5 heteroatoms. The number of aromatic nitrogens is 2. The number of rotatable bonds is 3. The molecule has 2 aromatic heterocycles. The van der Waals surface area contributed by atoms with Crippen LogP contribution in [0.25, 0.3) is 11.4 Å². The number of thiazole rings is 1. The third-order valence-corrected chi connectivity index (χ3v) is 2.53. The molecular formula is C8H10N4S. The number of nitrogens with one attached hydrogen (secondary N) is 2. The van der Waals surface area contributed by atoms with Gasteiger partial charge in [0.15, 0.2) is 0 Å². The predicted molar refractivity (Wildman–Crippen MR) is 52.9 cm³/mol. The molecule has 0 fully saturated rings. The molecule has 0 atom stereocenters. The fraction of sp³-hybridized carbons (Fsp3) is 0.125. The molecule has 13 heavy (non-hydrogen) atoms. The zero-order chi connectivity index (χ0) is 9.10. The van der Waals surface area contributed by atoms with E-state index in [0.717, 1.165) is 16.4 Å². The minimum Gasteiger partial charge on any atom is -0.360 e. The fourth-order valence-corrected chi connectivity index (χ4v) is 1.84. The summed E-state index contributed by atoms with van der Waals surface area (Å²) in [6, 6.07) is 3.95. The van der Waals surface area contributed by atoms with Crippen molar-refractivity contribution in [2.24, 2.45) is 5.84 Å². The second-order valence-electron chi connectivity index (χ2n) is 2.59. The summed E-state index contributed by atoms with van der Waals surface area (Å²) in [6.45, 7) is 0.616. The SMILES string of the molecule is NNCc1nc(-c2ccc[nH]2)cs1. The van der Waals surface area contributed by atoms with Crippen molar-refractivity contribution in [3.05, 3.63) is 28.7 Å². The van der Waals surface area contributed by atoms with E-state index < -0.39 is 0 Å². The standard InChI is InChI=1S/C8H10N4S/c9-11-4-8-12-7(5-13-8)6-2-1-3-10-6/h1-3,5,10-11H,4,9H2. The molecular weight excluding hydrogens is 184 g/mol. The Morgan fingerprint density at radius 3 is 3.23 bits per heavy atom. The topological polar surface area (TPSA) is 66.7 Å². The van der Waals surface area contributed by atoms with Crippen molar-refractivity contribution >= 4 is 11.3 Å². The van der Waals surface area contributed by atoms with Gasteiger partial charge in [-0.25, -0.2) is 4.98 Å². The summed E-state index contributed by atoms with van der Waals surface area (Å²) >= 11 is 1.60. The van der Waals surface area contributed by atoms with Gasteiger partial charge < -0.3 is 4.98 Å². The number of aromatic amines is 1. The molecule has 0 aliphatic carbocycles. The Morgan fingerprint density at radius 1 is 1.62 bits per heavy atom. The number of H-pyrrole nitrogens is 1. The van der Waals surface area contributed by atoms with Crippen LogP contribution in [-0.4, -0.2) is 9.97 Å². The molecule has 0 aromatic carbocycles. The molecule has 0 bridgehead atoms. The van der Waals surface area contributed by atoms with Crippen LogP contribution in [0.5, 0.6) is 0 Å². The normalized spacial score (nSPS) is 10.5. The van der Waals surface area contributed by atoms with Crippen LogP contribution in [-0.2, 0) is 6.54 Å². The molecule has 2 rings (SSSR count). The summed E-state index contributed by atoms with van der Waals surface area (Å²) in [5.41, 5.74) is 4.59. The third kappa shape index (κ3) is 1.77. The van der Waals surface area contributed by atoms with Crippen LogP contribution >= 0.6 is 11.3 Å². The smallest absolute Gasteiger partial charge is 0.109 e. The van der Waals surface area contributed by atoms with Crippen molar-refractivity contribution in [3.8, 4) is 11.4 Å². The van der Waals surface area contributed by atoms with E-state index in [1.807, 2.05) is 23.7 Å². The summed E-state index contributed by atoms with van der Waals surface area (Å²) in [6.07, 6.45) is 1.88. The van der Waals surface area contributed by atoms with E-state index in [4.69, 9.17) is 5.84 Å². The summed E-state index contributed by atoms with van der Waals surface area (Å²) in [5.74, 6) is 5.20. The maximum absolute atomic E-state index is 5.20. The quantitative estimate of drug-likeness (QED) is 0.506. The van der Waals surface area contributed by atoms with Gasteiger partial charge in [-0.05, 0) is 12.1 Å². The maximum Gasteiger partial charge on any atom is 0.109 e. The van der Waals surface area contributed by atoms with Crippen LogP contribution in [0, 0.1) is 0 Å². The van der Waals surface area contributed by atoms with E-state index in [1.54, 1.807) is 11.3 Å². The maximum atomic E-state index is 5.20. The number of nitrogens with zero attached hydrogens (tertiary/aromatic N) is 1. The van der Waals surface area contributed by atoms with Gasteiger partial charge >= 0.3 is 0 Å². The lowest BCUT2D eigenvalue weighted by Gasteiger charge is -1.91. The zero-order valence-corrected chi connectivity index (χ0v) is 7.77. The Kier molecular flexibility index (Phi) is 2.40. The molecule has 4 nitrogen and oxygen atoms in total. The lowest BCUT2D eigenvalue weighted by molar-refractivity contribution is 0.737. The number of hydrazine groups is 1. The lowest BCUT2D eigenvalue weighted by Crippen LogP contribution is -2.20. The molecule has 0 amide bonds. The molecule has 0 aliphatic rings. The predicted octanol–water partition coefficient (Wildman–Crippen LogP) is 1.10. The Bertz CT molecular complexity index is 365. The van der Waals surface area contributed by atoms with Crippen molar-refractivity contribution in [2.45, 2.75) is 6.54 Å². The Balaban J connectivity index is 2.23. The van der Waals surface area contributed by atoms with E-state index >= 15 is 0 Å². The average Bonchev–Trinajstić information content (AvgIpc) is 2.70. The minimum absolute atomic E-state index is 0.616. The largest absolute Gasteiger partial charge is 0.360 e. The molecule has 2 aromatic rings. The van der Waals surface area contributed by atoms with Crippen LogP contribution in [0.4, 0.5) is 0 Å². The molecule has 68 valence electrons. The van der Waals surface area contributed by atoms with Gasteiger partial charge in [-0.2, -0.15) is 0 Å². The van der Waals surface area contributed by atoms with Crippen LogP contribution in [0.2, 0.25) is 0 Å². The molecule has 0 unspecified atom stereocenters. The van der Waals surface area contributed by atoms with Crippen LogP contribution in [0.15, 0.2) is 23.7 Å². The molecule has 0 spiro atoms. The first-order chi connectivity index (χ1) is 6.40. The second kappa shape index (κ2) is 3.69. The van der Waals surface area contributed by atoms with E-state index in [-0.39, 0.29) is 0 Å². The highest BCUT2D eigenvalue weighted by molar-refractivity contribution is 7.09. The van der Waals surface area contributed by atoms with Crippen LogP contribution in [0.3, 0.4) is 0 Å². The first-order valence-electron chi connectivity index (χ1n) is 3.92. The van der Waals surface area contributed by atoms with Gasteiger partial charge in [0.05, 0.1) is 17.9 Å². The van der Waals surface area contributed by atoms with Gasteiger partial charge in [-0.3, -0.25) is 11.3 Å². The van der Waals surface area contributed by atoms with Gasteiger partial charge in [0.1, 0.15) is 5.01 Å². The summed E-state index contributed by atoms with van der Waals surface area (Å²) in [5, 5.41) is 3.01. The van der Waals surface area contributed by atoms with Crippen molar-refractivity contribution in [2.75, 3.05) is 0 Å². The number of nitrogens with two attached hydrogens (primary N) is 1. The fourth-order valence-electron chi connectivity index (χ4n) is 1.09. The molecule has 2 heterocycles. The molecule has 4 N–H and O–H groups in total. The average molecular weight is 194 g/mol. The second-order valence-corrected chi connectivity index (χ2v) is 3.53. The monoisotopic (exact) mass is 194 g/mol. The summed E-state index contributed by atoms with van der Waals surface area (Å²) in [7, 11) is 0. The zero-order valence-electron chi connectivity index (χ0n) is 6.95. The Morgan fingerprint density at radius 2 is 2.54 bits per heavy atom.